The molecule has 1 saturated heterocycles. The SMILES string of the molecule is NCC1CN(Cc2ccccc2)CCN1c1ccccc1. The lowest BCUT2D eigenvalue weighted by molar-refractivity contribution is 0.217. The minimum atomic E-state index is 0.393. The molecule has 0 bridgehead atoms. The van der Waals surface area contributed by atoms with E-state index in [0.29, 0.717) is 12.6 Å². The lowest BCUT2D eigenvalue weighted by Gasteiger charge is -2.42. The van der Waals surface area contributed by atoms with Crippen LogP contribution < -0.4 is 10.6 Å². The summed E-state index contributed by atoms with van der Waals surface area (Å²) in [5.41, 5.74) is 8.68. The van der Waals surface area contributed by atoms with E-state index in [1.54, 1.807) is 0 Å². The maximum Gasteiger partial charge on any atom is 0.0540 e. The minimum Gasteiger partial charge on any atom is -0.365 e. The standard InChI is InChI=1S/C18H23N3/c19-13-18-15-20(14-16-7-3-1-4-8-16)11-12-21(18)17-9-5-2-6-10-17/h1-10,18H,11-15,19H2. The van der Waals surface area contributed by atoms with Crippen LogP contribution in [0.4, 0.5) is 5.69 Å². The largest absolute Gasteiger partial charge is 0.365 e. The van der Waals surface area contributed by atoms with Gasteiger partial charge in [0, 0.05) is 38.4 Å². The Morgan fingerprint density at radius 1 is 0.905 bits per heavy atom. The van der Waals surface area contributed by atoms with Crippen LogP contribution in [0.1, 0.15) is 5.56 Å². The molecule has 1 aliphatic heterocycles. The van der Waals surface area contributed by atoms with Gasteiger partial charge in [0.2, 0.25) is 0 Å². The first kappa shape index (κ1) is 14.1. The van der Waals surface area contributed by atoms with Gasteiger partial charge in [0.1, 0.15) is 0 Å². The highest BCUT2D eigenvalue weighted by Gasteiger charge is 2.25. The summed E-state index contributed by atoms with van der Waals surface area (Å²) in [6.07, 6.45) is 0. The first-order chi connectivity index (χ1) is 10.4. The molecule has 3 rings (SSSR count). The third kappa shape index (κ3) is 3.43. The van der Waals surface area contributed by atoms with Gasteiger partial charge < -0.3 is 10.6 Å². The predicted octanol–water partition coefficient (Wildman–Crippen LogP) is 2.34. The van der Waals surface area contributed by atoms with Gasteiger partial charge in [-0.25, -0.2) is 0 Å². The highest BCUT2D eigenvalue weighted by Crippen LogP contribution is 2.20. The zero-order valence-corrected chi connectivity index (χ0v) is 12.4. The molecule has 1 unspecified atom stereocenters. The molecule has 2 aromatic carbocycles. The normalized spacial score (nSPS) is 19.7. The van der Waals surface area contributed by atoms with Crippen LogP contribution in [0.25, 0.3) is 0 Å². The van der Waals surface area contributed by atoms with E-state index < -0.39 is 0 Å². The number of para-hydroxylation sites is 1. The van der Waals surface area contributed by atoms with Crippen LogP contribution in [0.15, 0.2) is 60.7 Å². The minimum absolute atomic E-state index is 0.393. The van der Waals surface area contributed by atoms with Crippen LogP contribution in [0, 0.1) is 0 Å². The van der Waals surface area contributed by atoms with Crippen molar-refractivity contribution in [3.63, 3.8) is 0 Å². The molecule has 0 amide bonds. The number of piperazine rings is 1. The smallest absolute Gasteiger partial charge is 0.0540 e. The third-order valence-electron chi connectivity index (χ3n) is 4.18. The molecule has 3 nitrogen and oxygen atoms in total. The molecular formula is C18H23N3. The average Bonchev–Trinajstić information content (AvgIpc) is 2.56. The Bertz CT molecular complexity index is 541. The zero-order valence-electron chi connectivity index (χ0n) is 12.4. The van der Waals surface area contributed by atoms with Crippen molar-refractivity contribution in [2.45, 2.75) is 12.6 Å². The van der Waals surface area contributed by atoms with Crippen molar-refractivity contribution >= 4 is 5.69 Å². The topological polar surface area (TPSA) is 32.5 Å². The summed E-state index contributed by atoms with van der Waals surface area (Å²) in [4.78, 5) is 4.95. The Balaban J connectivity index is 1.66. The van der Waals surface area contributed by atoms with Crippen molar-refractivity contribution in [1.82, 2.24) is 4.90 Å². The van der Waals surface area contributed by atoms with E-state index in [1.165, 1.54) is 11.3 Å². The second kappa shape index (κ2) is 6.74. The molecule has 0 saturated carbocycles. The number of nitrogens with zero attached hydrogens (tertiary/aromatic N) is 2. The quantitative estimate of drug-likeness (QED) is 0.933. The molecular weight excluding hydrogens is 258 g/mol. The Hall–Kier alpha value is -1.84. The monoisotopic (exact) mass is 281 g/mol. The fraction of sp³-hybridized carbons (Fsp3) is 0.333. The van der Waals surface area contributed by atoms with Crippen molar-refractivity contribution in [1.29, 1.82) is 0 Å². The lowest BCUT2D eigenvalue weighted by atomic mass is 10.1. The van der Waals surface area contributed by atoms with Crippen molar-refractivity contribution in [2.24, 2.45) is 5.73 Å². The fourth-order valence-electron chi connectivity index (χ4n) is 3.07. The number of benzene rings is 2. The molecule has 2 aromatic rings. The van der Waals surface area contributed by atoms with Gasteiger partial charge in [-0.05, 0) is 17.7 Å². The van der Waals surface area contributed by atoms with Crippen molar-refractivity contribution in [3.8, 4) is 0 Å². The summed E-state index contributed by atoms with van der Waals surface area (Å²) in [6, 6.07) is 21.7. The Kier molecular flexibility index (Phi) is 4.53. The van der Waals surface area contributed by atoms with E-state index in [2.05, 4.69) is 70.5 Å². The van der Waals surface area contributed by atoms with Crippen molar-refractivity contribution in [2.75, 3.05) is 31.1 Å². The number of rotatable bonds is 4. The van der Waals surface area contributed by atoms with E-state index in [1.807, 2.05) is 0 Å². The van der Waals surface area contributed by atoms with Gasteiger partial charge in [-0.1, -0.05) is 48.5 Å². The van der Waals surface area contributed by atoms with Crippen molar-refractivity contribution < 1.29 is 0 Å². The molecule has 21 heavy (non-hydrogen) atoms. The van der Waals surface area contributed by atoms with Crippen LogP contribution in [0.3, 0.4) is 0 Å². The Morgan fingerprint density at radius 2 is 1.57 bits per heavy atom. The van der Waals surface area contributed by atoms with E-state index in [0.717, 1.165) is 26.2 Å². The van der Waals surface area contributed by atoms with Gasteiger partial charge in [-0.3, -0.25) is 4.90 Å². The Morgan fingerprint density at radius 3 is 2.24 bits per heavy atom. The van der Waals surface area contributed by atoms with E-state index in [4.69, 9.17) is 5.73 Å². The summed E-state index contributed by atoms with van der Waals surface area (Å²) in [6.45, 7) is 4.86. The van der Waals surface area contributed by atoms with Crippen LogP contribution in [0.2, 0.25) is 0 Å². The van der Waals surface area contributed by atoms with Crippen molar-refractivity contribution in [3.05, 3.63) is 66.2 Å². The van der Waals surface area contributed by atoms with Gasteiger partial charge in [-0.2, -0.15) is 0 Å². The molecule has 0 spiro atoms. The maximum absolute atomic E-state index is 6.02. The van der Waals surface area contributed by atoms with E-state index >= 15 is 0 Å². The van der Waals surface area contributed by atoms with Gasteiger partial charge in [-0.15, -0.1) is 0 Å². The van der Waals surface area contributed by atoms with Crippen LogP contribution >= 0.6 is 0 Å². The molecule has 2 N–H and O–H groups in total. The van der Waals surface area contributed by atoms with Crippen LogP contribution in [0.5, 0.6) is 0 Å². The van der Waals surface area contributed by atoms with Crippen LogP contribution in [-0.4, -0.2) is 37.1 Å². The average molecular weight is 281 g/mol. The number of hydrogen-bond donors (Lipinski definition) is 1. The van der Waals surface area contributed by atoms with Gasteiger partial charge in [0.05, 0.1) is 6.04 Å². The first-order valence-corrected chi connectivity index (χ1v) is 7.65. The molecule has 1 atom stereocenters. The lowest BCUT2D eigenvalue weighted by Crippen LogP contribution is -2.55. The summed E-state index contributed by atoms with van der Waals surface area (Å²) in [7, 11) is 0. The fourth-order valence-corrected chi connectivity index (χ4v) is 3.07. The molecule has 0 aromatic heterocycles. The Labute approximate surface area is 127 Å². The highest BCUT2D eigenvalue weighted by molar-refractivity contribution is 5.47. The molecule has 1 aliphatic rings. The molecule has 3 heteroatoms. The molecule has 110 valence electrons. The molecule has 1 fully saturated rings. The third-order valence-corrected chi connectivity index (χ3v) is 4.18. The van der Waals surface area contributed by atoms with Gasteiger partial charge in [0.25, 0.3) is 0 Å². The highest BCUT2D eigenvalue weighted by atomic mass is 15.3. The molecule has 0 radical (unpaired) electrons. The number of anilines is 1. The van der Waals surface area contributed by atoms with Gasteiger partial charge >= 0.3 is 0 Å². The summed E-state index contributed by atoms with van der Waals surface area (Å²) in [5.74, 6) is 0. The zero-order chi connectivity index (χ0) is 14.5. The summed E-state index contributed by atoms with van der Waals surface area (Å²) >= 11 is 0. The number of hydrogen-bond acceptors (Lipinski definition) is 3. The van der Waals surface area contributed by atoms with E-state index in [9.17, 15) is 0 Å². The second-order valence-corrected chi connectivity index (χ2v) is 5.64. The van der Waals surface area contributed by atoms with Crippen LogP contribution in [-0.2, 0) is 6.54 Å². The maximum atomic E-state index is 6.02. The summed E-state index contributed by atoms with van der Waals surface area (Å²) < 4.78 is 0. The number of nitrogens with two attached hydrogens (primary N) is 1. The summed E-state index contributed by atoms with van der Waals surface area (Å²) in [5, 5.41) is 0. The van der Waals surface area contributed by atoms with E-state index in [-0.39, 0.29) is 0 Å². The molecule has 0 aliphatic carbocycles. The second-order valence-electron chi connectivity index (χ2n) is 5.64. The van der Waals surface area contributed by atoms with Gasteiger partial charge in [0.15, 0.2) is 0 Å². The first-order valence-electron chi connectivity index (χ1n) is 7.65. The molecule has 1 heterocycles. The predicted molar refractivity (Wildman–Crippen MR) is 88.3 cm³/mol.